The maximum Gasteiger partial charge on any atom is 0.232 e. The highest BCUT2D eigenvalue weighted by Gasteiger charge is 2.18. The largest absolute Gasteiger partial charge is 0.363 e. The van der Waals surface area contributed by atoms with Crippen molar-refractivity contribution in [1.29, 1.82) is 0 Å². The van der Waals surface area contributed by atoms with E-state index in [1.807, 2.05) is 37.3 Å². The first-order valence-electron chi connectivity index (χ1n) is 5.56. The van der Waals surface area contributed by atoms with Gasteiger partial charge in [-0.3, -0.25) is 4.79 Å². The van der Waals surface area contributed by atoms with Gasteiger partial charge in [-0.1, -0.05) is 42.4 Å². The summed E-state index contributed by atoms with van der Waals surface area (Å²) in [7, 11) is 0. The van der Waals surface area contributed by atoms with Crippen LogP contribution >= 0.6 is 0 Å². The van der Waals surface area contributed by atoms with Crippen molar-refractivity contribution in [3.8, 4) is 0 Å². The smallest absolute Gasteiger partial charge is 0.232 e. The highest BCUT2D eigenvalue weighted by Crippen LogP contribution is 2.21. The number of nitrogens with one attached hydrogen (secondary N) is 1. The molecule has 0 unspecified atom stereocenters. The molecule has 17 heavy (non-hydrogen) atoms. The van der Waals surface area contributed by atoms with E-state index in [0.717, 1.165) is 12.0 Å². The molecule has 0 bridgehead atoms. The van der Waals surface area contributed by atoms with Crippen LogP contribution in [0.1, 0.15) is 24.8 Å². The third kappa shape index (κ3) is 2.72. The van der Waals surface area contributed by atoms with Crippen LogP contribution in [0.4, 0.5) is 5.69 Å². The molecule has 1 aromatic heterocycles. The molecule has 1 heterocycles. The Labute approximate surface area is 99.6 Å². The summed E-state index contributed by atoms with van der Waals surface area (Å²) in [4.78, 5) is 12.1. The third-order valence-electron chi connectivity index (χ3n) is 2.63. The van der Waals surface area contributed by atoms with Crippen LogP contribution < -0.4 is 5.32 Å². The van der Waals surface area contributed by atoms with Crippen LogP contribution in [-0.4, -0.2) is 11.1 Å². The predicted molar refractivity (Wildman–Crippen MR) is 64.6 cm³/mol. The average Bonchev–Trinajstić information content (AvgIpc) is 2.84. The molecule has 88 valence electrons. The molecule has 0 aliphatic rings. The molecular formula is C13H14N2O2. The summed E-state index contributed by atoms with van der Waals surface area (Å²) in [5, 5.41) is 6.32. The normalized spacial score (nSPS) is 12.1. The number of carbonyl (C=O) groups excluding carboxylic acids is 1. The molecule has 0 saturated carbocycles. The van der Waals surface area contributed by atoms with Crippen LogP contribution in [-0.2, 0) is 4.79 Å². The van der Waals surface area contributed by atoms with E-state index in [1.54, 1.807) is 0 Å². The Bertz CT molecular complexity index is 465. The van der Waals surface area contributed by atoms with Gasteiger partial charge in [0.15, 0.2) is 0 Å². The maximum absolute atomic E-state index is 12.1. The summed E-state index contributed by atoms with van der Waals surface area (Å²) < 4.78 is 4.67. The Balaban J connectivity index is 2.11. The van der Waals surface area contributed by atoms with Crippen molar-refractivity contribution >= 4 is 11.6 Å². The maximum atomic E-state index is 12.1. The summed E-state index contributed by atoms with van der Waals surface area (Å²) in [6, 6.07) is 9.73. The Kier molecular flexibility index (Phi) is 3.55. The zero-order valence-corrected chi connectivity index (χ0v) is 9.59. The van der Waals surface area contributed by atoms with Gasteiger partial charge < -0.3 is 9.84 Å². The minimum atomic E-state index is -0.147. The standard InChI is InChI=1S/C13H14N2O2/c1-2-12(10-6-4-3-5-7-10)13(16)15-11-8-14-17-9-11/h3-9,12H,2H2,1H3,(H,15,16)/t12-/m1/s1. The van der Waals surface area contributed by atoms with E-state index in [0.29, 0.717) is 5.69 Å². The van der Waals surface area contributed by atoms with Crippen LogP contribution in [0.3, 0.4) is 0 Å². The van der Waals surface area contributed by atoms with E-state index < -0.39 is 0 Å². The molecule has 2 aromatic rings. The Hall–Kier alpha value is -2.10. The SMILES string of the molecule is CC[C@@H](C(=O)Nc1cnoc1)c1ccccc1. The number of aromatic nitrogens is 1. The number of hydrogen-bond donors (Lipinski definition) is 1. The van der Waals surface area contributed by atoms with Crippen LogP contribution in [0.15, 0.2) is 47.3 Å². The van der Waals surface area contributed by atoms with Crippen molar-refractivity contribution in [3.05, 3.63) is 48.4 Å². The first-order chi connectivity index (χ1) is 8.31. The lowest BCUT2D eigenvalue weighted by atomic mass is 9.96. The van der Waals surface area contributed by atoms with Gasteiger partial charge in [0.05, 0.1) is 12.1 Å². The van der Waals surface area contributed by atoms with Gasteiger partial charge in [0.2, 0.25) is 5.91 Å². The van der Waals surface area contributed by atoms with Crippen molar-refractivity contribution in [2.75, 3.05) is 5.32 Å². The van der Waals surface area contributed by atoms with Gasteiger partial charge in [-0.2, -0.15) is 0 Å². The van der Waals surface area contributed by atoms with E-state index in [9.17, 15) is 4.79 Å². The molecule has 0 saturated heterocycles. The molecule has 0 aliphatic heterocycles. The van der Waals surface area contributed by atoms with Gasteiger partial charge in [0.25, 0.3) is 0 Å². The van der Waals surface area contributed by atoms with Gasteiger partial charge in [-0.05, 0) is 12.0 Å². The fourth-order valence-corrected chi connectivity index (χ4v) is 1.75. The van der Waals surface area contributed by atoms with Gasteiger partial charge in [0.1, 0.15) is 12.0 Å². The number of hydrogen-bond acceptors (Lipinski definition) is 3. The van der Waals surface area contributed by atoms with E-state index in [2.05, 4.69) is 15.0 Å². The number of benzene rings is 1. The lowest BCUT2D eigenvalue weighted by Crippen LogP contribution is -2.20. The topological polar surface area (TPSA) is 55.1 Å². The van der Waals surface area contributed by atoms with Gasteiger partial charge in [-0.25, -0.2) is 0 Å². The Morgan fingerprint density at radius 1 is 1.41 bits per heavy atom. The van der Waals surface area contributed by atoms with Gasteiger partial charge >= 0.3 is 0 Å². The fourth-order valence-electron chi connectivity index (χ4n) is 1.75. The van der Waals surface area contributed by atoms with E-state index in [1.165, 1.54) is 12.5 Å². The second-order valence-corrected chi connectivity index (χ2v) is 3.77. The third-order valence-corrected chi connectivity index (χ3v) is 2.63. The van der Waals surface area contributed by atoms with Crippen LogP contribution in [0.5, 0.6) is 0 Å². The number of carbonyl (C=O) groups is 1. The molecule has 4 heteroatoms. The minimum Gasteiger partial charge on any atom is -0.363 e. The second-order valence-electron chi connectivity index (χ2n) is 3.77. The van der Waals surface area contributed by atoms with Crippen molar-refractivity contribution in [2.45, 2.75) is 19.3 Å². The number of amides is 1. The molecule has 1 aromatic carbocycles. The number of rotatable bonds is 4. The lowest BCUT2D eigenvalue weighted by molar-refractivity contribution is -0.117. The highest BCUT2D eigenvalue weighted by molar-refractivity contribution is 5.95. The monoisotopic (exact) mass is 230 g/mol. The van der Waals surface area contributed by atoms with Gasteiger partial charge in [-0.15, -0.1) is 0 Å². The number of nitrogens with zero attached hydrogens (tertiary/aromatic N) is 1. The van der Waals surface area contributed by atoms with Crippen molar-refractivity contribution < 1.29 is 9.32 Å². The lowest BCUT2D eigenvalue weighted by Gasteiger charge is -2.14. The number of anilines is 1. The Morgan fingerprint density at radius 3 is 2.76 bits per heavy atom. The molecule has 2 rings (SSSR count). The Morgan fingerprint density at radius 2 is 2.18 bits per heavy atom. The predicted octanol–water partition coefficient (Wildman–Crippen LogP) is 2.81. The molecule has 1 amide bonds. The molecule has 4 nitrogen and oxygen atoms in total. The molecule has 0 aliphatic carbocycles. The summed E-state index contributed by atoms with van der Waals surface area (Å²) in [5.74, 6) is -0.187. The molecule has 1 atom stereocenters. The van der Waals surface area contributed by atoms with Crippen LogP contribution in [0.2, 0.25) is 0 Å². The van der Waals surface area contributed by atoms with Crippen LogP contribution in [0, 0.1) is 0 Å². The van der Waals surface area contributed by atoms with Crippen molar-refractivity contribution in [2.24, 2.45) is 0 Å². The second kappa shape index (κ2) is 5.30. The van der Waals surface area contributed by atoms with E-state index in [4.69, 9.17) is 0 Å². The highest BCUT2D eigenvalue weighted by atomic mass is 16.5. The first-order valence-corrected chi connectivity index (χ1v) is 5.56. The fraction of sp³-hybridized carbons (Fsp3) is 0.231. The molecule has 1 N–H and O–H groups in total. The van der Waals surface area contributed by atoms with E-state index in [-0.39, 0.29) is 11.8 Å². The average molecular weight is 230 g/mol. The zero-order valence-electron chi connectivity index (χ0n) is 9.59. The van der Waals surface area contributed by atoms with Crippen molar-refractivity contribution in [1.82, 2.24) is 5.16 Å². The summed E-state index contributed by atoms with van der Waals surface area (Å²) in [6.45, 7) is 1.99. The molecular weight excluding hydrogens is 216 g/mol. The van der Waals surface area contributed by atoms with Crippen molar-refractivity contribution in [3.63, 3.8) is 0 Å². The summed E-state index contributed by atoms with van der Waals surface area (Å²) in [5.41, 5.74) is 1.60. The molecule has 0 radical (unpaired) electrons. The molecule has 0 spiro atoms. The first kappa shape index (κ1) is 11.4. The zero-order chi connectivity index (χ0) is 12.1. The quantitative estimate of drug-likeness (QED) is 0.878. The van der Waals surface area contributed by atoms with Gasteiger partial charge in [0, 0.05) is 0 Å². The van der Waals surface area contributed by atoms with E-state index >= 15 is 0 Å². The minimum absolute atomic E-state index is 0.0399. The van der Waals surface area contributed by atoms with Crippen LogP contribution in [0.25, 0.3) is 0 Å². The summed E-state index contributed by atoms with van der Waals surface area (Å²) >= 11 is 0. The molecule has 0 fully saturated rings. The summed E-state index contributed by atoms with van der Waals surface area (Å²) in [6.07, 6.45) is 3.65.